The van der Waals surface area contributed by atoms with E-state index in [0.717, 1.165) is 22.7 Å². The van der Waals surface area contributed by atoms with Crippen LogP contribution in [-0.2, 0) is 14.8 Å². The predicted molar refractivity (Wildman–Crippen MR) is 106 cm³/mol. The number of benzene rings is 2. The van der Waals surface area contributed by atoms with Crippen LogP contribution in [0.2, 0.25) is 10.0 Å². The quantitative estimate of drug-likeness (QED) is 0.730. The van der Waals surface area contributed by atoms with E-state index in [1.165, 1.54) is 31.3 Å². The molecule has 0 bridgehead atoms. The van der Waals surface area contributed by atoms with Crippen molar-refractivity contribution < 1.29 is 13.2 Å². The number of nitrogens with zero attached hydrogens (tertiary/aromatic N) is 1. The summed E-state index contributed by atoms with van der Waals surface area (Å²) in [5.74, 6) is 0.0233. The SMILES string of the molecule is CN(CC(=O)NC(c1ccc(Cl)cc1)C1CC1)S(=O)(=O)c1ccc(Cl)cc1. The van der Waals surface area contributed by atoms with Gasteiger partial charge in [0.1, 0.15) is 0 Å². The van der Waals surface area contributed by atoms with Crippen LogP contribution in [0.1, 0.15) is 24.4 Å². The molecule has 0 radical (unpaired) electrons. The number of rotatable bonds is 7. The third kappa shape index (κ3) is 5.02. The molecule has 0 aromatic heterocycles. The van der Waals surface area contributed by atoms with E-state index >= 15 is 0 Å². The van der Waals surface area contributed by atoms with E-state index in [0.29, 0.717) is 16.0 Å². The number of sulfonamides is 1. The van der Waals surface area contributed by atoms with E-state index in [2.05, 4.69) is 5.32 Å². The number of likely N-dealkylation sites (N-methyl/N-ethyl adjacent to an activating group) is 1. The van der Waals surface area contributed by atoms with Crippen LogP contribution in [0.5, 0.6) is 0 Å². The van der Waals surface area contributed by atoms with Crippen LogP contribution in [0.4, 0.5) is 0 Å². The summed E-state index contributed by atoms with van der Waals surface area (Å²) in [5, 5.41) is 4.05. The van der Waals surface area contributed by atoms with Gasteiger partial charge in [0.15, 0.2) is 0 Å². The lowest BCUT2D eigenvalue weighted by atomic mass is 10.0. The highest BCUT2D eigenvalue weighted by Gasteiger charge is 2.34. The Kier molecular flexibility index (Phi) is 6.11. The molecule has 27 heavy (non-hydrogen) atoms. The maximum atomic E-state index is 12.6. The predicted octanol–water partition coefficient (Wildman–Crippen LogP) is 3.88. The molecular formula is C19H20Cl2N2O3S. The minimum Gasteiger partial charge on any atom is -0.348 e. The summed E-state index contributed by atoms with van der Waals surface area (Å²) in [7, 11) is -2.38. The number of nitrogens with one attached hydrogen (secondary N) is 1. The molecule has 1 saturated carbocycles. The molecule has 1 amide bonds. The summed E-state index contributed by atoms with van der Waals surface area (Å²) in [6, 6.07) is 13.1. The van der Waals surface area contributed by atoms with Crippen LogP contribution in [0.25, 0.3) is 0 Å². The van der Waals surface area contributed by atoms with Crippen LogP contribution < -0.4 is 5.32 Å². The van der Waals surface area contributed by atoms with Crippen LogP contribution >= 0.6 is 23.2 Å². The fraction of sp³-hybridized carbons (Fsp3) is 0.316. The fourth-order valence-corrected chi connectivity index (χ4v) is 4.24. The Labute approximate surface area is 169 Å². The van der Waals surface area contributed by atoms with Gasteiger partial charge in [0, 0.05) is 17.1 Å². The highest BCUT2D eigenvalue weighted by Crippen LogP contribution is 2.41. The van der Waals surface area contributed by atoms with Crippen LogP contribution in [0, 0.1) is 5.92 Å². The average molecular weight is 427 g/mol. The lowest BCUT2D eigenvalue weighted by Gasteiger charge is -2.22. The summed E-state index contributed by atoms with van der Waals surface area (Å²) in [6.45, 7) is -0.262. The largest absolute Gasteiger partial charge is 0.348 e. The van der Waals surface area contributed by atoms with E-state index in [4.69, 9.17) is 23.2 Å². The first-order valence-corrected chi connectivity index (χ1v) is 10.7. The zero-order valence-corrected chi connectivity index (χ0v) is 17.1. The molecule has 1 aliphatic rings. The molecule has 0 saturated heterocycles. The molecule has 1 N–H and O–H groups in total. The van der Waals surface area contributed by atoms with Crippen molar-refractivity contribution in [2.75, 3.05) is 13.6 Å². The molecule has 1 atom stereocenters. The second-order valence-corrected chi connectivity index (χ2v) is 9.57. The number of halogens is 2. The average Bonchev–Trinajstić information content (AvgIpc) is 3.46. The monoisotopic (exact) mass is 426 g/mol. The highest BCUT2D eigenvalue weighted by molar-refractivity contribution is 7.89. The highest BCUT2D eigenvalue weighted by atomic mass is 35.5. The lowest BCUT2D eigenvalue weighted by molar-refractivity contribution is -0.122. The van der Waals surface area contributed by atoms with Gasteiger partial charge in [0.25, 0.3) is 0 Å². The zero-order chi connectivity index (χ0) is 19.6. The van der Waals surface area contributed by atoms with Crippen molar-refractivity contribution >= 4 is 39.1 Å². The first kappa shape index (κ1) is 20.1. The molecule has 5 nitrogen and oxygen atoms in total. The Bertz CT molecular complexity index is 911. The first-order valence-electron chi connectivity index (χ1n) is 8.54. The lowest BCUT2D eigenvalue weighted by Crippen LogP contribution is -2.40. The molecule has 0 spiro atoms. The molecular weight excluding hydrogens is 407 g/mol. The Morgan fingerprint density at radius 3 is 2.11 bits per heavy atom. The van der Waals surface area contributed by atoms with Gasteiger partial charge in [-0.3, -0.25) is 4.79 Å². The fourth-order valence-electron chi connectivity index (χ4n) is 2.87. The second kappa shape index (κ2) is 8.19. The Balaban J connectivity index is 1.68. The van der Waals surface area contributed by atoms with E-state index in [1.807, 2.05) is 12.1 Å². The number of carbonyl (C=O) groups excluding carboxylic acids is 1. The summed E-state index contributed by atoms with van der Waals surface area (Å²) >= 11 is 11.7. The minimum atomic E-state index is -3.77. The summed E-state index contributed by atoms with van der Waals surface area (Å²) in [4.78, 5) is 12.6. The molecule has 1 fully saturated rings. The van der Waals surface area contributed by atoms with Gasteiger partial charge >= 0.3 is 0 Å². The standard InChI is InChI=1S/C19H20Cl2N2O3S/c1-23(27(25,26)17-10-8-16(21)9-11-17)12-18(24)22-19(13-2-3-13)14-4-6-15(20)7-5-14/h4-11,13,19H,2-3,12H2,1H3,(H,22,24). The number of hydrogen-bond donors (Lipinski definition) is 1. The molecule has 8 heteroatoms. The van der Waals surface area contributed by atoms with Gasteiger partial charge in [-0.1, -0.05) is 35.3 Å². The zero-order valence-electron chi connectivity index (χ0n) is 14.7. The molecule has 1 aliphatic carbocycles. The van der Waals surface area contributed by atoms with Crippen LogP contribution in [0.15, 0.2) is 53.4 Å². The van der Waals surface area contributed by atoms with Crippen molar-refractivity contribution in [3.63, 3.8) is 0 Å². The molecule has 0 heterocycles. The van der Waals surface area contributed by atoms with Gasteiger partial charge < -0.3 is 5.32 Å². The van der Waals surface area contributed by atoms with Gasteiger partial charge in [0.2, 0.25) is 15.9 Å². The molecule has 144 valence electrons. The summed E-state index contributed by atoms with van der Waals surface area (Å²) < 4.78 is 26.3. The summed E-state index contributed by atoms with van der Waals surface area (Å²) in [6.07, 6.45) is 2.07. The van der Waals surface area contributed by atoms with E-state index in [9.17, 15) is 13.2 Å². The van der Waals surface area contributed by atoms with Gasteiger partial charge in [-0.2, -0.15) is 4.31 Å². The Hall–Kier alpha value is -1.60. The Morgan fingerprint density at radius 1 is 1.07 bits per heavy atom. The maximum absolute atomic E-state index is 12.6. The number of hydrogen-bond acceptors (Lipinski definition) is 3. The number of amides is 1. The third-order valence-electron chi connectivity index (χ3n) is 4.53. The third-order valence-corrected chi connectivity index (χ3v) is 6.85. The molecule has 0 aliphatic heterocycles. The van der Waals surface area contributed by atoms with Crippen LogP contribution in [0.3, 0.4) is 0 Å². The van der Waals surface area contributed by atoms with Crippen molar-refractivity contribution in [1.29, 1.82) is 0 Å². The normalized spacial score (nSPS) is 15.6. The molecule has 2 aromatic carbocycles. The molecule has 2 aromatic rings. The van der Waals surface area contributed by atoms with Gasteiger partial charge in [-0.15, -0.1) is 0 Å². The molecule has 1 unspecified atom stereocenters. The van der Waals surface area contributed by atoms with Crippen molar-refractivity contribution in [2.45, 2.75) is 23.8 Å². The van der Waals surface area contributed by atoms with Crippen LogP contribution in [-0.4, -0.2) is 32.2 Å². The topological polar surface area (TPSA) is 66.5 Å². The second-order valence-electron chi connectivity index (χ2n) is 6.65. The van der Waals surface area contributed by atoms with Gasteiger partial charge in [0.05, 0.1) is 17.5 Å². The Morgan fingerprint density at radius 2 is 1.59 bits per heavy atom. The van der Waals surface area contributed by atoms with Crippen molar-refractivity contribution in [3.8, 4) is 0 Å². The van der Waals surface area contributed by atoms with E-state index in [1.54, 1.807) is 12.1 Å². The van der Waals surface area contributed by atoms with Crippen molar-refractivity contribution in [2.24, 2.45) is 5.92 Å². The summed E-state index contributed by atoms with van der Waals surface area (Å²) in [5.41, 5.74) is 0.971. The first-order chi connectivity index (χ1) is 12.8. The molecule has 3 rings (SSSR count). The smallest absolute Gasteiger partial charge is 0.243 e. The van der Waals surface area contributed by atoms with Crippen molar-refractivity contribution in [1.82, 2.24) is 9.62 Å². The van der Waals surface area contributed by atoms with Gasteiger partial charge in [-0.05, 0) is 60.7 Å². The van der Waals surface area contributed by atoms with E-state index in [-0.39, 0.29) is 23.4 Å². The number of carbonyl (C=O) groups is 1. The minimum absolute atomic E-state index is 0.0960. The van der Waals surface area contributed by atoms with Gasteiger partial charge in [-0.25, -0.2) is 8.42 Å². The van der Waals surface area contributed by atoms with Crippen molar-refractivity contribution in [3.05, 3.63) is 64.1 Å². The van der Waals surface area contributed by atoms with E-state index < -0.39 is 10.0 Å². The maximum Gasteiger partial charge on any atom is 0.243 e.